The number of rotatable bonds is 2. The molecule has 0 amide bonds. The van der Waals surface area contributed by atoms with Crippen molar-refractivity contribution in [3.63, 3.8) is 0 Å². The minimum Gasteiger partial charge on any atom is -0.298 e. The van der Waals surface area contributed by atoms with Crippen LogP contribution in [-0.2, 0) is 0 Å². The van der Waals surface area contributed by atoms with Gasteiger partial charge in [0.05, 0.1) is 0 Å². The molecule has 2 rings (SSSR count). The molecule has 0 N–H and O–H groups in total. The predicted octanol–water partition coefficient (Wildman–Crippen LogP) is 4.24. The molecule has 0 atom stereocenters. The first-order chi connectivity index (χ1) is 8.52. The monoisotopic (exact) mass is 270 g/mol. The van der Waals surface area contributed by atoms with Crippen molar-refractivity contribution in [1.29, 1.82) is 0 Å². The Labute approximate surface area is 106 Å². The molecule has 92 valence electrons. The van der Waals surface area contributed by atoms with Crippen LogP contribution in [0.25, 0.3) is 11.1 Å². The van der Waals surface area contributed by atoms with Crippen molar-refractivity contribution in [1.82, 2.24) is 0 Å². The SMILES string of the molecule is O=Cc1ccc(-c2cc(F)c(F)cc2F)c(Cl)c1. The van der Waals surface area contributed by atoms with Crippen molar-refractivity contribution in [2.24, 2.45) is 0 Å². The number of carbonyl (C=O) groups excluding carboxylic acids is 1. The van der Waals surface area contributed by atoms with E-state index in [1.807, 2.05) is 0 Å². The fourth-order valence-electron chi connectivity index (χ4n) is 1.55. The number of halogens is 4. The summed E-state index contributed by atoms with van der Waals surface area (Å²) < 4.78 is 39.4. The van der Waals surface area contributed by atoms with Crippen LogP contribution in [0.5, 0.6) is 0 Å². The van der Waals surface area contributed by atoms with E-state index in [4.69, 9.17) is 11.6 Å². The lowest BCUT2D eigenvalue weighted by Crippen LogP contribution is -1.92. The lowest BCUT2D eigenvalue weighted by molar-refractivity contribution is 0.112. The molecule has 1 nitrogen and oxygen atoms in total. The van der Waals surface area contributed by atoms with Crippen molar-refractivity contribution in [3.8, 4) is 11.1 Å². The predicted molar refractivity (Wildman–Crippen MR) is 62.1 cm³/mol. The Morgan fingerprint density at radius 1 is 0.889 bits per heavy atom. The van der Waals surface area contributed by atoms with Crippen LogP contribution >= 0.6 is 11.6 Å². The number of carbonyl (C=O) groups is 1. The van der Waals surface area contributed by atoms with Crippen LogP contribution < -0.4 is 0 Å². The second-order valence-electron chi connectivity index (χ2n) is 3.60. The molecule has 0 saturated heterocycles. The minimum absolute atomic E-state index is 0.0875. The Morgan fingerprint density at radius 2 is 1.56 bits per heavy atom. The van der Waals surface area contributed by atoms with Gasteiger partial charge in [-0.2, -0.15) is 0 Å². The molecule has 0 aliphatic carbocycles. The quantitative estimate of drug-likeness (QED) is 0.589. The van der Waals surface area contributed by atoms with E-state index in [1.54, 1.807) is 0 Å². The minimum atomic E-state index is -1.27. The van der Waals surface area contributed by atoms with Crippen LogP contribution in [0.15, 0.2) is 30.3 Å². The number of benzene rings is 2. The highest BCUT2D eigenvalue weighted by atomic mass is 35.5. The topological polar surface area (TPSA) is 17.1 Å². The second kappa shape index (κ2) is 4.82. The van der Waals surface area contributed by atoms with E-state index in [1.165, 1.54) is 18.2 Å². The van der Waals surface area contributed by atoms with Gasteiger partial charge >= 0.3 is 0 Å². The van der Waals surface area contributed by atoms with Gasteiger partial charge in [0.1, 0.15) is 12.1 Å². The summed E-state index contributed by atoms with van der Waals surface area (Å²) in [6.07, 6.45) is 0.581. The third-order valence-corrected chi connectivity index (χ3v) is 2.74. The number of aldehydes is 1. The van der Waals surface area contributed by atoms with E-state index >= 15 is 0 Å². The third-order valence-electron chi connectivity index (χ3n) is 2.43. The standard InChI is InChI=1S/C13H6ClF3O/c14-10-3-7(6-18)1-2-8(10)9-4-12(16)13(17)5-11(9)15/h1-6H. The van der Waals surface area contributed by atoms with Gasteiger partial charge in [-0.1, -0.05) is 23.7 Å². The zero-order valence-electron chi connectivity index (χ0n) is 8.88. The molecule has 2 aromatic carbocycles. The van der Waals surface area contributed by atoms with Crippen LogP contribution in [0.4, 0.5) is 13.2 Å². The summed E-state index contributed by atoms with van der Waals surface area (Å²) in [4.78, 5) is 10.5. The van der Waals surface area contributed by atoms with Crippen LogP contribution in [0.3, 0.4) is 0 Å². The Bertz CT molecular complexity index is 626. The van der Waals surface area contributed by atoms with E-state index in [0.717, 1.165) is 6.07 Å². The molecule has 2 aromatic rings. The maximum atomic E-state index is 13.5. The van der Waals surface area contributed by atoms with Crippen molar-refractivity contribution < 1.29 is 18.0 Å². The maximum absolute atomic E-state index is 13.5. The smallest absolute Gasteiger partial charge is 0.161 e. The summed E-state index contributed by atoms with van der Waals surface area (Å²) in [5.41, 5.74) is 0.349. The zero-order valence-corrected chi connectivity index (χ0v) is 9.64. The van der Waals surface area contributed by atoms with Gasteiger partial charge in [-0.05, 0) is 12.1 Å². The van der Waals surface area contributed by atoms with Crippen LogP contribution in [0, 0.1) is 17.5 Å². The van der Waals surface area contributed by atoms with Crippen LogP contribution in [-0.4, -0.2) is 6.29 Å². The van der Waals surface area contributed by atoms with E-state index in [2.05, 4.69) is 0 Å². The van der Waals surface area contributed by atoms with Gasteiger partial charge in [0, 0.05) is 27.8 Å². The summed E-state index contributed by atoms with van der Waals surface area (Å²) in [5.74, 6) is -3.35. The molecule has 0 aliphatic rings. The molecule has 18 heavy (non-hydrogen) atoms. The first-order valence-electron chi connectivity index (χ1n) is 4.92. The highest BCUT2D eigenvalue weighted by Crippen LogP contribution is 2.31. The average molecular weight is 271 g/mol. The van der Waals surface area contributed by atoms with E-state index in [9.17, 15) is 18.0 Å². The van der Waals surface area contributed by atoms with Crippen LogP contribution in [0.2, 0.25) is 5.02 Å². The highest BCUT2D eigenvalue weighted by Gasteiger charge is 2.14. The fraction of sp³-hybridized carbons (Fsp3) is 0. The first kappa shape index (κ1) is 12.6. The Kier molecular flexibility index (Phi) is 3.39. The van der Waals surface area contributed by atoms with Gasteiger partial charge in [0.25, 0.3) is 0 Å². The molecule has 5 heteroatoms. The number of hydrogen-bond donors (Lipinski definition) is 0. The Balaban J connectivity index is 2.62. The Morgan fingerprint density at radius 3 is 2.17 bits per heavy atom. The molecule has 0 spiro atoms. The molecule has 0 radical (unpaired) electrons. The molecule has 0 fully saturated rings. The largest absolute Gasteiger partial charge is 0.298 e. The summed E-state index contributed by atoms with van der Waals surface area (Å²) in [6, 6.07) is 5.29. The Hall–Kier alpha value is -1.81. The van der Waals surface area contributed by atoms with Crippen molar-refractivity contribution >= 4 is 17.9 Å². The molecule has 0 bridgehead atoms. The summed E-state index contributed by atoms with van der Waals surface area (Å²) in [5, 5.41) is 0.0875. The zero-order chi connectivity index (χ0) is 13.3. The van der Waals surface area contributed by atoms with Gasteiger partial charge in [-0.3, -0.25) is 4.79 Å². The summed E-state index contributed by atoms with van der Waals surface area (Å²) >= 11 is 5.87. The van der Waals surface area contributed by atoms with E-state index in [-0.39, 0.29) is 16.1 Å². The molecule has 0 unspecified atom stereocenters. The van der Waals surface area contributed by atoms with Gasteiger partial charge in [0.15, 0.2) is 11.6 Å². The fourth-order valence-corrected chi connectivity index (χ4v) is 1.84. The molecule has 0 saturated carbocycles. The van der Waals surface area contributed by atoms with Gasteiger partial charge in [0.2, 0.25) is 0 Å². The van der Waals surface area contributed by atoms with Gasteiger partial charge in [-0.25, -0.2) is 13.2 Å². The maximum Gasteiger partial charge on any atom is 0.161 e. The molecule has 0 aliphatic heterocycles. The van der Waals surface area contributed by atoms with Crippen LogP contribution in [0.1, 0.15) is 10.4 Å². The molecule has 0 aromatic heterocycles. The third kappa shape index (κ3) is 2.24. The molecular formula is C13H6ClF3O. The average Bonchev–Trinajstić information content (AvgIpc) is 2.34. The van der Waals surface area contributed by atoms with Crippen molar-refractivity contribution in [2.75, 3.05) is 0 Å². The highest BCUT2D eigenvalue weighted by molar-refractivity contribution is 6.33. The lowest BCUT2D eigenvalue weighted by atomic mass is 10.0. The lowest BCUT2D eigenvalue weighted by Gasteiger charge is -2.07. The summed E-state index contributed by atoms with van der Waals surface area (Å²) in [6.45, 7) is 0. The normalized spacial score (nSPS) is 10.4. The second-order valence-corrected chi connectivity index (χ2v) is 4.01. The van der Waals surface area contributed by atoms with Gasteiger partial charge in [-0.15, -0.1) is 0 Å². The number of hydrogen-bond acceptors (Lipinski definition) is 1. The molecular weight excluding hydrogens is 265 g/mol. The van der Waals surface area contributed by atoms with Gasteiger partial charge < -0.3 is 0 Å². The summed E-state index contributed by atoms with van der Waals surface area (Å²) in [7, 11) is 0. The van der Waals surface area contributed by atoms with Crippen molar-refractivity contribution in [3.05, 3.63) is 58.4 Å². The van der Waals surface area contributed by atoms with E-state index < -0.39 is 17.5 Å². The molecule has 0 heterocycles. The van der Waals surface area contributed by atoms with E-state index in [0.29, 0.717) is 17.9 Å². The van der Waals surface area contributed by atoms with Crippen molar-refractivity contribution in [2.45, 2.75) is 0 Å². The first-order valence-corrected chi connectivity index (χ1v) is 5.30.